The summed E-state index contributed by atoms with van der Waals surface area (Å²) in [7, 11) is 1.63. The number of morpholine rings is 2. The molecule has 0 bridgehead atoms. The first-order chi connectivity index (χ1) is 18.6. The van der Waals surface area contributed by atoms with E-state index in [0.717, 1.165) is 28.3 Å². The lowest BCUT2D eigenvalue weighted by atomic mass is 10.1. The molecule has 2 N–H and O–H groups in total. The van der Waals surface area contributed by atoms with Gasteiger partial charge in [0, 0.05) is 61.8 Å². The molecule has 0 atom stereocenters. The van der Waals surface area contributed by atoms with Gasteiger partial charge in [-0.2, -0.15) is 4.98 Å². The minimum atomic E-state index is -0.0203. The summed E-state index contributed by atoms with van der Waals surface area (Å²) in [6, 6.07) is 5.56. The summed E-state index contributed by atoms with van der Waals surface area (Å²) < 4.78 is 16.7. The number of nitrogens with zero attached hydrogens (tertiary/aromatic N) is 7. The zero-order chi connectivity index (χ0) is 26.1. The average molecular weight is 519 g/mol. The van der Waals surface area contributed by atoms with E-state index in [-0.39, 0.29) is 11.9 Å². The molecule has 2 saturated heterocycles. The van der Waals surface area contributed by atoms with E-state index in [1.807, 2.05) is 23.1 Å². The number of amides is 1. The number of methoxy groups -OCH3 is 1. The summed E-state index contributed by atoms with van der Waals surface area (Å²) in [4.78, 5) is 37.7. The topological polar surface area (TPSA) is 132 Å². The number of nitrogen functional groups attached to an aromatic ring is 1. The second kappa shape index (κ2) is 10.4. The number of carbonyl (C=O) groups excluding carboxylic acids is 1. The van der Waals surface area contributed by atoms with Crippen LogP contribution in [-0.2, 0) is 15.9 Å². The second-order valence-electron chi connectivity index (χ2n) is 9.30. The number of carbonyl (C=O) groups is 1. The number of fused-ring (bicyclic) bond motifs is 1. The van der Waals surface area contributed by atoms with Gasteiger partial charge in [0.05, 0.1) is 44.9 Å². The van der Waals surface area contributed by atoms with Crippen molar-refractivity contribution in [2.75, 3.05) is 81.8 Å². The van der Waals surface area contributed by atoms with Crippen LogP contribution in [0, 0.1) is 0 Å². The van der Waals surface area contributed by atoms with E-state index >= 15 is 0 Å². The maximum Gasteiger partial charge on any atom is 0.254 e. The molecule has 0 aliphatic carbocycles. The van der Waals surface area contributed by atoms with Gasteiger partial charge in [-0.15, -0.1) is 0 Å². The Bertz CT molecular complexity index is 1320. The van der Waals surface area contributed by atoms with E-state index in [0.29, 0.717) is 82.8 Å². The van der Waals surface area contributed by atoms with E-state index in [1.54, 1.807) is 19.5 Å². The van der Waals surface area contributed by atoms with Crippen LogP contribution in [0.25, 0.3) is 11.3 Å². The minimum absolute atomic E-state index is 0.0203. The lowest BCUT2D eigenvalue weighted by molar-refractivity contribution is 0.0303. The maximum atomic E-state index is 13.3. The molecule has 2 fully saturated rings. The third-order valence-electron chi connectivity index (χ3n) is 7.07. The fraction of sp³-hybridized carbons (Fsp3) is 0.423. The van der Waals surface area contributed by atoms with Crippen molar-refractivity contribution in [3.8, 4) is 17.0 Å². The van der Waals surface area contributed by atoms with Gasteiger partial charge in [-0.05, 0) is 24.6 Å². The first-order valence-electron chi connectivity index (χ1n) is 12.8. The molecule has 0 saturated carbocycles. The van der Waals surface area contributed by atoms with Gasteiger partial charge in [-0.3, -0.25) is 4.79 Å². The lowest BCUT2D eigenvalue weighted by Crippen LogP contribution is -2.40. The zero-order valence-corrected chi connectivity index (χ0v) is 21.3. The smallest absolute Gasteiger partial charge is 0.254 e. The molecule has 12 heteroatoms. The number of benzene rings is 1. The molecular formula is C26H30N8O4. The number of ether oxygens (including phenoxy) is 3. The Balaban J connectivity index is 1.43. The van der Waals surface area contributed by atoms with Gasteiger partial charge in [0.2, 0.25) is 11.9 Å². The number of rotatable bonds is 5. The van der Waals surface area contributed by atoms with Crippen molar-refractivity contribution in [2.24, 2.45) is 0 Å². The normalized spacial score (nSPS) is 17.4. The highest BCUT2D eigenvalue weighted by atomic mass is 16.5. The summed E-state index contributed by atoms with van der Waals surface area (Å²) in [6.45, 7) is 5.54. The Morgan fingerprint density at radius 3 is 2.39 bits per heavy atom. The number of anilines is 4. The summed E-state index contributed by atoms with van der Waals surface area (Å²) in [5.41, 5.74) is 9.68. The molecule has 38 heavy (non-hydrogen) atoms. The largest absolute Gasteiger partial charge is 0.495 e. The zero-order valence-electron chi connectivity index (χ0n) is 21.3. The lowest BCUT2D eigenvalue weighted by Gasteiger charge is -2.29. The number of nitrogens with two attached hydrogens (primary N) is 1. The summed E-state index contributed by atoms with van der Waals surface area (Å²) in [6.07, 6.45) is 4.10. The van der Waals surface area contributed by atoms with Crippen molar-refractivity contribution in [1.29, 1.82) is 0 Å². The van der Waals surface area contributed by atoms with Crippen LogP contribution < -0.4 is 20.3 Å². The third-order valence-corrected chi connectivity index (χ3v) is 7.07. The van der Waals surface area contributed by atoms with Crippen LogP contribution in [0.1, 0.15) is 15.9 Å². The van der Waals surface area contributed by atoms with Gasteiger partial charge in [0.15, 0.2) is 0 Å². The molecular weight excluding hydrogens is 488 g/mol. The molecule has 3 aromatic rings. The van der Waals surface area contributed by atoms with Crippen molar-refractivity contribution in [1.82, 2.24) is 24.8 Å². The van der Waals surface area contributed by atoms with Crippen molar-refractivity contribution in [3.63, 3.8) is 0 Å². The van der Waals surface area contributed by atoms with Crippen molar-refractivity contribution >= 4 is 29.3 Å². The summed E-state index contributed by atoms with van der Waals surface area (Å²) >= 11 is 0. The Morgan fingerprint density at radius 2 is 1.68 bits per heavy atom. The van der Waals surface area contributed by atoms with Gasteiger partial charge in [0.1, 0.15) is 11.6 Å². The highest BCUT2D eigenvalue weighted by molar-refractivity contribution is 5.96. The number of hydrogen-bond donors (Lipinski definition) is 1. The van der Waals surface area contributed by atoms with E-state index in [2.05, 4.69) is 19.8 Å². The molecule has 198 valence electrons. The van der Waals surface area contributed by atoms with E-state index in [4.69, 9.17) is 29.9 Å². The SMILES string of the molecule is COc1ccc(C(=O)N2CCOCC2)cc1N1CCc2c(-c3cnc(N)nc3)nc(N3CCOCC3)nc21. The van der Waals surface area contributed by atoms with Crippen LogP contribution in [0.2, 0.25) is 0 Å². The van der Waals surface area contributed by atoms with Crippen LogP contribution in [0.5, 0.6) is 5.75 Å². The summed E-state index contributed by atoms with van der Waals surface area (Å²) in [5, 5.41) is 0. The van der Waals surface area contributed by atoms with Crippen molar-refractivity contribution in [3.05, 3.63) is 41.7 Å². The molecule has 2 aromatic heterocycles. The van der Waals surface area contributed by atoms with Crippen molar-refractivity contribution in [2.45, 2.75) is 6.42 Å². The number of aromatic nitrogens is 4. The predicted octanol–water partition coefficient (Wildman–Crippen LogP) is 1.53. The Hall–Kier alpha value is -4.03. The molecule has 12 nitrogen and oxygen atoms in total. The molecule has 1 aromatic carbocycles. The fourth-order valence-corrected chi connectivity index (χ4v) is 5.06. The highest BCUT2D eigenvalue weighted by Gasteiger charge is 2.31. The minimum Gasteiger partial charge on any atom is -0.495 e. The van der Waals surface area contributed by atoms with Gasteiger partial charge in [-0.25, -0.2) is 15.0 Å². The Kier molecular flexibility index (Phi) is 6.64. The fourth-order valence-electron chi connectivity index (χ4n) is 5.06. The molecule has 3 aliphatic heterocycles. The van der Waals surface area contributed by atoms with Crippen LogP contribution in [0.15, 0.2) is 30.6 Å². The molecule has 0 radical (unpaired) electrons. The third kappa shape index (κ3) is 4.56. The second-order valence-corrected chi connectivity index (χ2v) is 9.30. The van der Waals surface area contributed by atoms with Gasteiger partial charge >= 0.3 is 0 Å². The Labute approximate surface area is 220 Å². The standard InChI is InChI=1S/C26H30N8O4/c1-36-21-3-2-17(24(35)32-6-10-37-11-7-32)14-20(21)34-5-4-19-22(18-15-28-25(27)29-16-18)30-26(31-23(19)34)33-8-12-38-13-9-33/h2-3,14-16H,4-13H2,1H3,(H2,27,28,29). The van der Waals surface area contributed by atoms with Crippen LogP contribution in [-0.4, -0.2) is 97.0 Å². The molecule has 0 spiro atoms. The average Bonchev–Trinajstić information content (AvgIpc) is 3.41. The molecule has 1 amide bonds. The first-order valence-corrected chi connectivity index (χ1v) is 12.8. The quantitative estimate of drug-likeness (QED) is 0.527. The molecule has 6 rings (SSSR count). The van der Waals surface area contributed by atoms with E-state index in [9.17, 15) is 4.79 Å². The van der Waals surface area contributed by atoms with Crippen molar-refractivity contribution < 1.29 is 19.0 Å². The first kappa shape index (κ1) is 24.3. The molecule has 5 heterocycles. The van der Waals surface area contributed by atoms with Gasteiger partial charge in [0.25, 0.3) is 5.91 Å². The monoisotopic (exact) mass is 518 g/mol. The van der Waals surface area contributed by atoms with E-state index < -0.39 is 0 Å². The molecule has 3 aliphatic rings. The maximum absolute atomic E-state index is 13.3. The van der Waals surface area contributed by atoms with Crippen LogP contribution in [0.4, 0.5) is 23.4 Å². The number of hydrogen-bond acceptors (Lipinski definition) is 11. The Morgan fingerprint density at radius 1 is 0.974 bits per heavy atom. The highest BCUT2D eigenvalue weighted by Crippen LogP contribution is 2.42. The van der Waals surface area contributed by atoms with Gasteiger partial charge < -0.3 is 34.6 Å². The van der Waals surface area contributed by atoms with E-state index in [1.165, 1.54) is 0 Å². The summed E-state index contributed by atoms with van der Waals surface area (Å²) in [5.74, 6) is 2.25. The van der Waals surface area contributed by atoms with Gasteiger partial charge in [-0.1, -0.05) is 0 Å². The van der Waals surface area contributed by atoms with Crippen LogP contribution in [0.3, 0.4) is 0 Å². The molecule has 0 unspecified atom stereocenters. The van der Waals surface area contributed by atoms with Crippen LogP contribution >= 0.6 is 0 Å². The predicted molar refractivity (Wildman–Crippen MR) is 141 cm³/mol.